The van der Waals surface area contributed by atoms with Crippen LogP contribution in [0.15, 0.2) is 0 Å². The Hall–Kier alpha value is -0.280. The number of hydrogen-bond donors (Lipinski definition) is 1. The van der Waals surface area contributed by atoms with Gasteiger partial charge in [-0.25, -0.2) is 0 Å². The van der Waals surface area contributed by atoms with Gasteiger partial charge in [-0.2, -0.15) is 0 Å². The van der Waals surface area contributed by atoms with E-state index in [-0.39, 0.29) is 12.4 Å². The highest BCUT2D eigenvalue weighted by atomic mass is 35.5. The lowest BCUT2D eigenvalue weighted by molar-refractivity contribution is -0.136. The second-order valence-electron chi connectivity index (χ2n) is 5.63. The number of carbonyl (C=O) groups excluding carboxylic acids is 1. The van der Waals surface area contributed by atoms with Gasteiger partial charge >= 0.3 is 0 Å². The lowest BCUT2D eigenvalue weighted by atomic mass is 9.96. The first-order valence-electron chi connectivity index (χ1n) is 6.86. The SMILES string of the molecule is Cl.O=C(C(C1CC1)C1CC1)N1CCCNCC1. The van der Waals surface area contributed by atoms with Gasteiger partial charge in [-0.05, 0) is 50.5 Å². The largest absolute Gasteiger partial charge is 0.341 e. The molecule has 0 radical (unpaired) electrons. The number of nitrogens with zero attached hydrogens (tertiary/aromatic N) is 1. The van der Waals surface area contributed by atoms with Crippen molar-refractivity contribution in [2.45, 2.75) is 32.1 Å². The zero-order chi connectivity index (χ0) is 11.0. The van der Waals surface area contributed by atoms with Crippen LogP contribution in [0.3, 0.4) is 0 Å². The van der Waals surface area contributed by atoms with E-state index in [2.05, 4.69) is 10.2 Å². The number of nitrogens with one attached hydrogen (secondary N) is 1. The van der Waals surface area contributed by atoms with Crippen molar-refractivity contribution in [3.8, 4) is 0 Å². The standard InChI is InChI=1S/C13H22N2O.ClH/c16-13(15-8-1-6-14-7-9-15)12(10-2-3-10)11-4-5-11;/h10-12,14H,1-9H2;1H. The zero-order valence-corrected chi connectivity index (χ0v) is 11.2. The number of rotatable bonds is 3. The molecule has 0 spiro atoms. The van der Waals surface area contributed by atoms with Crippen molar-refractivity contribution in [3.05, 3.63) is 0 Å². The molecule has 1 heterocycles. The Bertz CT molecular complexity index is 257. The molecule has 1 aliphatic heterocycles. The third kappa shape index (κ3) is 3.14. The van der Waals surface area contributed by atoms with E-state index in [0.717, 1.165) is 44.4 Å². The van der Waals surface area contributed by atoms with Crippen molar-refractivity contribution in [2.24, 2.45) is 17.8 Å². The number of halogens is 1. The van der Waals surface area contributed by atoms with E-state index in [1.807, 2.05) is 0 Å². The molecule has 0 aromatic rings. The van der Waals surface area contributed by atoms with E-state index >= 15 is 0 Å². The first-order valence-corrected chi connectivity index (χ1v) is 6.86. The molecule has 3 aliphatic rings. The Morgan fingerprint density at radius 1 is 1.06 bits per heavy atom. The fourth-order valence-electron chi connectivity index (χ4n) is 2.98. The fourth-order valence-corrected chi connectivity index (χ4v) is 2.98. The molecule has 4 heteroatoms. The molecule has 98 valence electrons. The van der Waals surface area contributed by atoms with Crippen LogP contribution in [0.5, 0.6) is 0 Å². The Morgan fingerprint density at radius 2 is 1.71 bits per heavy atom. The summed E-state index contributed by atoms with van der Waals surface area (Å²) in [6, 6.07) is 0. The summed E-state index contributed by atoms with van der Waals surface area (Å²) in [6.45, 7) is 3.95. The number of hydrogen-bond acceptors (Lipinski definition) is 2. The molecular weight excluding hydrogens is 236 g/mol. The van der Waals surface area contributed by atoms with Gasteiger partial charge in [0.15, 0.2) is 0 Å². The Kier molecular flexibility index (Phi) is 4.31. The predicted octanol–water partition coefficient (Wildman–Crippen LogP) is 1.67. The third-order valence-corrected chi connectivity index (χ3v) is 4.20. The minimum Gasteiger partial charge on any atom is -0.341 e. The second-order valence-corrected chi connectivity index (χ2v) is 5.63. The van der Waals surface area contributed by atoms with Crippen LogP contribution in [0, 0.1) is 17.8 Å². The summed E-state index contributed by atoms with van der Waals surface area (Å²) in [4.78, 5) is 14.6. The summed E-state index contributed by atoms with van der Waals surface area (Å²) in [5.41, 5.74) is 0. The van der Waals surface area contributed by atoms with Crippen LogP contribution in [0.25, 0.3) is 0 Å². The second kappa shape index (κ2) is 5.57. The van der Waals surface area contributed by atoms with E-state index in [4.69, 9.17) is 0 Å². The molecule has 0 unspecified atom stereocenters. The summed E-state index contributed by atoms with van der Waals surface area (Å²) in [6.07, 6.45) is 6.34. The maximum absolute atomic E-state index is 12.5. The van der Waals surface area contributed by atoms with Crippen LogP contribution in [0.1, 0.15) is 32.1 Å². The van der Waals surface area contributed by atoms with Crippen molar-refractivity contribution >= 4 is 18.3 Å². The van der Waals surface area contributed by atoms with Crippen LogP contribution < -0.4 is 5.32 Å². The van der Waals surface area contributed by atoms with Crippen LogP contribution in [0.2, 0.25) is 0 Å². The molecule has 2 aliphatic carbocycles. The summed E-state index contributed by atoms with van der Waals surface area (Å²) < 4.78 is 0. The van der Waals surface area contributed by atoms with E-state index in [1.165, 1.54) is 25.7 Å². The molecule has 2 saturated carbocycles. The molecule has 0 aromatic heterocycles. The van der Waals surface area contributed by atoms with Gasteiger partial charge in [-0.3, -0.25) is 4.79 Å². The molecule has 0 aromatic carbocycles. The molecular formula is C13H23ClN2O. The third-order valence-electron chi connectivity index (χ3n) is 4.20. The number of amides is 1. The fraction of sp³-hybridized carbons (Fsp3) is 0.923. The van der Waals surface area contributed by atoms with Gasteiger partial charge in [0.25, 0.3) is 0 Å². The van der Waals surface area contributed by atoms with E-state index in [1.54, 1.807) is 0 Å². The van der Waals surface area contributed by atoms with Crippen LogP contribution >= 0.6 is 12.4 Å². The molecule has 1 amide bonds. The molecule has 0 bridgehead atoms. The van der Waals surface area contributed by atoms with Crippen LogP contribution in [0.4, 0.5) is 0 Å². The average Bonchev–Trinajstić information content (AvgIpc) is 3.16. The van der Waals surface area contributed by atoms with Gasteiger partial charge in [0, 0.05) is 25.6 Å². The van der Waals surface area contributed by atoms with E-state index in [0.29, 0.717) is 11.8 Å². The molecule has 3 fully saturated rings. The molecule has 17 heavy (non-hydrogen) atoms. The van der Waals surface area contributed by atoms with Crippen molar-refractivity contribution in [2.75, 3.05) is 26.2 Å². The van der Waals surface area contributed by atoms with Crippen LogP contribution in [-0.4, -0.2) is 37.0 Å². The molecule has 1 N–H and O–H groups in total. The summed E-state index contributed by atoms with van der Waals surface area (Å²) >= 11 is 0. The smallest absolute Gasteiger partial charge is 0.226 e. The van der Waals surface area contributed by atoms with Gasteiger partial charge in [0.05, 0.1) is 0 Å². The quantitative estimate of drug-likeness (QED) is 0.835. The van der Waals surface area contributed by atoms with Gasteiger partial charge in [-0.15, -0.1) is 12.4 Å². The first-order chi connectivity index (χ1) is 7.86. The van der Waals surface area contributed by atoms with Gasteiger partial charge < -0.3 is 10.2 Å². The minimum absolute atomic E-state index is 0. The number of carbonyl (C=O) groups is 1. The Morgan fingerprint density at radius 3 is 2.29 bits per heavy atom. The van der Waals surface area contributed by atoms with Crippen molar-refractivity contribution in [1.29, 1.82) is 0 Å². The highest BCUT2D eigenvalue weighted by Gasteiger charge is 2.46. The van der Waals surface area contributed by atoms with E-state index < -0.39 is 0 Å². The average molecular weight is 259 g/mol. The van der Waals surface area contributed by atoms with Gasteiger partial charge in [0.1, 0.15) is 0 Å². The monoisotopic (exact) mass is 258 g/mol. The van der Waals surface area contributed by atoms with Gasteiger partial charge in [-0.1, -0.05) is 0 Å². The van der Waals surface area contributed by atoms with Crippen molar-refractivity contribution in [1.82, 2.24) is 10.2 Å². The van der Waals surface area contributed by atoms with E-state index in [9.17, 15) is 4.79 Å². The maximum atomic E-state index is 12.5. The highest BCUT2D eigenvalue weighted by molar-refractivity contribution is 5.85. The molecule has 0 atom stereocenters. The van der Waals surface area contributed by atoms with Crippen molar-refractivity contribution in [3.63, 3.8) is 0 Å². The molecule has 1 saturated heterocycles. The predicted molar refractivity (Wildman–Crippen MR) is 70.3 cm³/mol. The topological polar surface area (TPSA) is 32.3 Å². The van der Waals surface area contributed by atoms with Crippen LogP contribution in [-0.2, 0) is 4.79 Å². The normalized spacial score (nSPS) is 25.4. The lowest BCUT2D eigenvalue weighted by Gasteiger charge is -2.26. The Balaban J connectivity index is 0.00000108. The first kappa shape index (κ1) is 13.2. The van der Waals surface area contributed by atoms with Gasteiger partial charge in [0.2, 0.25) is 5.91 Å². The maximum Gasteiger partial charge on any atom is 0.226 e. The Labute approximate surface area is 110 Å². The minimum atomic E-state index is 0. The van der Waals surface area contributed by atoms with Crippen molar-refractivity contribution < 1.29 is 4.79 Å². The summed E-state index contributed by atoms with van der Waals surface area (Å²) in [5, 5.41) is 3.37. The summed E-state index contributed by atoms with van der Waals surface area (Å²) in [5.74, 6) is 2.37. The molecule has 3 nitrogen and oxygen atoms in total. The summed E-state index contributed by atoms with van der Waals surface area (Å²) in [7, 11) is 0. The zero-order valence-electron chi connectivity index (χ0n) is 10.4. The molecule has 3 rings (SSSR count). The highest BCUT2D eigenvalue weighted by Crippen LogP contribution is 2.49. The lowest BCUT2D eigenvalue weighted by Crippen LogP contribution is -2.40.